The van der Waals surface area contributed by atoms with Gasteiger partial charge >= 0.3 is 0 Å². The second-order valence-corrected chi connectivity index (χ2v) is 5.67. The Bertz CT molecular complexity index is 652. The van der Waals surface area contributed by atoms with Crippen LogP contribution in [0.3, 0.4) is 0 Å². The normalized spacial score (nSPS) is 14.7. The van der Waals surface area contributed by atoms with Gasteiger partial charge in [0.2, 0.25) is 5.91 Å². The van der Waals surface area contributed by atoms with Gasteiger partial charge in [0, 0.05) is 19.5 Å². The first kappa shape index (κ1) is 15.5. The lowest BCUT2D eigenvalue weighted by atomic mass is 10.1. The fourth-order valence-corrected chi connectivity index (χ4v) is 2.80. The van der Waals surface area contributed by atoms with Crippen molar-refractivity contribution in [2.24, 2.45) is 0 Å². The summed E-state index contributed by atoms with van der Waals surface area (Å²) in [5.41, 5.74) is 1.43. The van der Waals surface area contributed by atoms with Gasteiger partial charge in [0.1, 0.15) is 18.5 Å². The zero-order valence-corrected chi connectivity index (χ0v) is 12.9. The summed E-state index contributed by atoms with van der Waals surface area (Å²) in [5, 5.41) is 6.79. The van der Waals surface area contributed by atoms with E-state index < -0.39 is 0 Å². The second-order valence-electron chi connectivity index (χ2n) is 5.67. The molecule has 7 heteroatoms. The van der Waals surface area contributed by atoms with E-state index in [2.05, 4.69) is 20.3 Å². The number of nitrogens with zero attached hydrogens (tertiary/aromatic N) is 4. The molecule has 2 aromatic rings. The predicted octanol–water partition coefficient (Wildman–Crippen LogP) is 2.44. The molecule has 0 bridgehead atoms. The summed E-state index contributed by atoms with van der Waals surface area (Å²) in [5.74, 6) is -0.512. The average molecular weight is 317 g/mol. The molecule has 122 valence electrons. The number of nitrogens with one attached hydrogen (secondary N) is 1. The molecule has 1 fully saturated rings. The van der Waals surface area contributed by atoms with Crippen molar-refractivity contribution >= 4 is 17.3 Å². The van der Waals surface area contributed by atoms with Crippen LogP contribution in [0.25, 0.3) is 0 Å². The fourth-order valence-electron chi connectivity index (χ4n) is 2.80. The minimum absolute atomic E-state index is 0.163. The minimum Gasteiger partial charge on any atom is -0.370 e. The molecule has 2 heterocycles. The number of aryl methyl sites for hydroxylation is 1. The van der Waals surface area contributed by atoms with E-state index in [9.17, 15) is 9.18 Å². The Hall–Kier alpha value is -2.44. The van der Waals surface area contributed by atoms with Crippen LogP contribution in [0.4, 0.5) is 15.8 Å². The van der Waals surface area contributed by atoms with Crippen molar-refractivity contribution < 1.29 is 9.18 Å². The van der Waals surface area contributed by atoms with E-state index in [1.807, 2.05) is 0 Å². The van der Waals surface area contributed by atoms with Crippen molar-refractivity contribution in [3.05, 3.63) is 36.7 Å². The van der Waals surface area contributed by atoms with Crippen molar-refractivity contribution in [1.29, 1.82) is 0 Å². The number of benzene rings is 1. The number of carbonyl (C=O) groups is 1. The highest BCUT2D eigenvalue weighted by Gasteiger charge is 2.16. The Balaban J connectivity index is 1.67. The number of aromatic nitrogens is 3. The third-order valence-electron chi connectivity index (χ3n) is 3.96. The zero-order chi connectivity index (χ0) is 16.1. The van der Waals surface area contributed by atoms with Gasteiger partial charge in [-0.1, -0.05) is 0 Å². The van der Waals surface area contributed by atoms with Gasteiger partial charge < -0.3 is 10.2 Å². The highest BCUT2D eigenvalue weighted by Crippen LogP contribution is 2.29. The number of amides is 1. The van der Waals surface area contributed by atoms with Gasteiger partial charge in [-0.2, -0.15) is 5.10 Å². The highest BCUT2D eigenvalue weighted by atomic mass is 19.1. The Morgan fingerprint density at radius 2 is 2.09 bits per heavy atom. The van der Waals surface area contributed by atoms with E-state index in [-0.39, 0.29) is 18.1 Å². The number of piperidine rings is 1. The Morgan fingerprint density at radius 3 is 2.83 bits per heavy atom. The first-order chi connectivity index (χ1) is 11.2. The third-order valence-corrected chi connectivity index (χ3v) is 3.96. The van der Waals surface area contributed by atoms with Crippen LogP contribution in [0.5, 0.6) is 0 Å². The summed E-state index contributed by atoms with van der Waals surface area (Å²) in [7, 11) is 0. The summed E-state index contributed by atoms with van der Waals surface area (Å²) in [6, 6.07) is 4.57. The molecule has 1 aromatic heterocycles. The summed E-state index contributed by atoms with van der Waals surface area (Å²) in [6.45, 7) is 2.32. The van der Waals surface area contributed by atoms with Crippen LogP contribution >= 0.6 is 0 Å². The summed E-state index contributed by atoms with van der Waals surface area (Å²) >= 11 is 0. The number of hydrogen-bond donors (Lipinski definition) is 1. The molecule has 23 heavy (non-hydrogen) atoms. The van der Waals surface area contributed by atoms with E-state index >= 15 is 0 Å². The monoisotopic (exact) mass is 317 g/mol. The number of rotatable bonds is 5. The smallest absolute Gasteiger partial charge is 0.226 e. The molecule has 1 amide bonds. The fraction of sp³-hybridized carbons (Fsp3) is 0.438. The van der Waals surface area contributed by atoms with Gasteiger partial charge in [0.05, 0.1) is 17.9 Å². The van der Waals surface area contributed by atoms with Crippen LogP contribution in [0.15, 0.2) is 30.9 Å². The average Bonchev–Trinajstić information content (AvgIpc) is 3.07. The maximum absolute atomic E-state index is 13.6. The van der Waals surface area contributed by atoms with Crippen LogP contribution in [0, 0.1) is 5.82 Å². The van der Waals surface area contributed by atoms with Crippen LogP contribution < -0.4 is 10.2 Å². The van der Waals surface area contributed by atoms with Crippen LogP contribution in [0.2, 0.25) is 0 Å². The Morgan fingerprint density at radius 1 is 1.26 bits per heavy atom. The van der Waals surface area contributed by atoms with Crippen molar-refractivity contribution in [1.82, 2.24) is 14.8 Å². The zero-order valence-electron chi connectivity index (χ0n) is 12.9. The highest BCUT2D eigenvalue weighted by molar-refractivity contribution is 5.94. The van der Waals surface area contributed by atoms with Crippen molar-refractivity contribution in [3.63, 3.8) is 0 Å². The molecule has 1 aliphatic rings. The molecule has 0 atom stereocenters. The first-order valence-corrected chi connectivity index (χ1v) is 7.89. The van der Waals surface area contributed by atoms with Gasteiger partial charge in [0.25, 0.3) is 0 Å². The van der Waals surface area contributed by atoms with Gasteiger partial charge in [-0.3, -0.25) is 9.48 Å². The second kappa shape index (κ2) is 7.21. The lowest BCUT2D eigenvalue weighted by Gasteiger charge is -2.30. The van der Waals surface area contributed by atoms with E-state index in [1.165, 1.54) is 24.9 Å². The maximum atomic E-state index is 13.6. The molecule has 0 radical (unpaired) electrons. The molecule has 1 aliphatic heterocycles. The number of halogens is 1. The molecule has 6 nitrogen and oxygen atoms in total. The van der Waals surface area contributed by atoms with Crippen LogP contribution in [-0.2, 0) is 11.3 Å². The molecule has 0 unspecified atom stereocenters. The Labute approximate surface area is 134 Å². The molecule has 0 aliphatic carbocycles. The van der Waals surface area contributed by atoms with Crippen molar-refractivity contribution in [3.8, 4) is 0 Å². The Kier molecular flexibility index (Phi) is 4.85. The van der Waals surface area contributed by atoms with Gasteiger partial charge in [-0.25, -0.2) is 9.37 Å². The first-order valence-electron chi connectivity index (χ1n) is 7.89. The molecule has 0 saturated carbocycles. The third kappa shape index (κ3) is 4.06. The molecule has 3 rings (SSSR count). The van der Waals surface area contributed by atoms with Gasteiger partial charge in [0.15, 0.2) is 0 Å². The topological polar surface area (TPSA) is 63.1 Å². The number of anilines is 2. The SMILES string of the molecule is O=C(CCn1cncn1)Nc1cc(F)ccc1N1CCCCC1. The summed E-state index contributed by atoms with van der Waals surface area (Å²) in [6.07, 6.45) is 6.72. The molecule has 1 aromatic carbocycles. The number of carbonyl (C=O) groups excluding carboxylic acids is 1. The quantitative estimate of drug-likeness (QED) is 0.920. The van der Waals surface area contributed by atoms with E-state index in [0.29, 0.717) is 12.2 Å². The van der Waals surface area contributed by atoms with E-state index in [1.54, 1.807) is 17.1 Å². The standard InChI is InChI=1S/C16H20FN5O/c17-13-4-5-15(21-7-2-1-3-8-21)14(10-13)20-16(23)6-9-22-12-18-11-19-22/h4-5,10-12H,1-3,6-9H2,(H,20,23). The van der Waals surface area contributed by atoms with E-state index in [0.717, 1.165) is 31.6 Å². The molecular formula is C16H20FN5O. The van der Waals surface area contributed by atoms with E-state index in [4.69, 9.17) is 0 Å². The molecule has 1 saturated heterocycles. The van der Waals surface area contributed by atoms with Gasteiger partial charge in [-0.05, 0) is 37.5 Å². The predicted molar refractivity (Wildman–Crippen MR) is 85.7 cm³/mol. The summed E-state index contributed by atoms with van der Waals surface area (Å²) < 4.78 is 15.2. The lowest BCUT2D eigenvalue weighted by Crippen LogP contribution is -2.30. The van der Waals surface area contributed by atoms with Crippen LogP contribution in [0.1, 0.15) is 25.7 Å². The van der Waals surface area contributed by atoms with Crippen molar-refractivity contribution in [2.45, 2.75) is 32.2 Å². The molecular weight excluding hydrogens is 297 g/mol. The van der Waals surface area contributed by atoms with Crippen molar-refractivity contribution in [2.75, 3.05) is 23.3 Å². The lowest BCUT2D eigenvalue weighted by molar-refractivity contribution is -0.116. The van der Waals surface area contributed by atoms with Crippen LogP contribution in [-0.4, -0.2) is 33.8 Å². The largest absolute Gasteiger partial charge is 0.370 e. The minimum atomic E-state index is -0.350. The maximum Gasteiger partial charge on any atom is 0.226 e. The summed E-state index contributed by atoms with van der Waals surface area (Å²) in [4.78, 5) is 18.2. The van der Waals surface area contributed by atoms with Gasteiger partial charge in [-0.15, -0.1) is 0 Å². The molecule has 1 N–H and O–H groups in total. The number of hydrogen-bond acceptors (Lipinski definition) is 4. The molecule has 0 spiro atoms.